The summed E-state index contributed by atoms with van der Waals surface area (Å²) in [4.78, 5) is 52.1. The zero-order chi connectivity index (χ0) is 45.3. The first-order chi connectivity index (χ1) is 29.9. The van der Waals surface area contributed by atoms with Gasteiger partial charge in [-0.15, -0.1) is 0 Å². The number of hydrogen-bond acceptors (Lipinski definition) is 9. The van der Waals surface area contributed by atoms with E-state index in [1.54, 1.807) is 0 Å². The van der Waals surface area contributed by atoms with Gasteiger partial charge >= 0.3 is 29.8 Å². The molecule has 0 aromatic carbocycles. The summed E-state index contributed by atoms with van der Waals surface area (Å²) < 4.78 is 43.3. The lowest BCUT2D eigenvalue weighted by atomic mass is 10.0. The van der Waals surface area contributed by atoms with E-state index in [9.17, 15) is 19.2 Å². The van der Waals surface area contributed by atoms with Crippen LogP contribution in [0.1, 0.15) is 225 Å². The molecule has 0 radical (unpaired) electrons. The topological polar surface area (TPSA) is 169 Å². The number of aliphatic carboxylic acids is 2. The molecule has 4 N–H and O–H groups in total. The van der Waals surface area contributed by atoms with E-state index in [4.69, 9.17) is 25.4 Å². The number of alkyl halides is 2. The molecule has 0 bridgehead atoms. The molecule has 3 atom stereocenters. The van der Waals surface area contributed by atoms with Crippen molar-refractivity contribution in [2.45, 2.75) is 243 Å². The number of nitrogens with two attached hydrogens (primary N) is 1. The SMILES string of the molecule is C=C1N=C(N)C=CN1[C@@H]1C[C@H](COC(=O)CCCCCCCCCCCCCCCCCC(=O)O)C(OC(=O)CCCCCCCCCCCCCCCCCC(=O)O)C1(F)F. The van der Waals surface area contributed by atoms with Gasteiger partial charge in [0.15, 0.2) is 6.10 Å². The molecule has 1 heterocycles. The Morgan fingerprint density at radius 2 is 0.952 bits per heavy atom. The van der Waals surface area contributed by atoms with Crippen LogP contribution < -0.4 is 5.73 Å². The van der Waals surface area contributed by atoms with E-state index in [-0.39, 0.29) is 50.4 Å². The molecule has 11 nitrogen and oxygen atoms in total. The molecule has 2 aliphatic rings. The minimum atomic E-state index is -3.45. The van der Waals surface area contributed by atoms with Gasteiger partial charge in [-0.05, 0) is 38.2 Å². The van der Waals surface area contributed by atoms with E-state index in [1.165, 1.54) is 113 Å². The summed E-state index contributed by atoms with van der Waals surface area (Å²) in [5.74, 6) is -6.62. The molecule has 0 aromatic heterocycles. The average Bonchev–Trinajstić information content (AvgIpc) is 3.46. The fraction of sp³-hybridized carbons (Fsp3) is 0.816. The van der Waals surface area contributed by atoms with Crippen LogP contribution in [0.25, 0.3) is 0 Å². The number of esters is 2. The van der Waals surface area contributed by atoms with Crippen LogP contribution in [0, 0.1) is 5.92 Å². The third-order valence-electron chi connectivity index (χ3n) is 12.3. The largest absolute Gasteiger partial charge is 0.481 e. The second kappa shape index (κ2) is 34.0. The molecular formula is C49H83F2N3O8. The summed E-state index contributed by atoms with van der Waals surface area (Å²) in [7, 11) is 0. The molecule has 1 aliphatic carbocycles. The maximum atomic E-state index is 16.1. The van der Waals surface area contributed by atoms with Crippen molar-refractivity contribution in [2.24, 2.45) is 16.6 Å². The monoisotopic (exact) mass is 880 g/mol. The van der Waals surface area contributed by atoms with Crippen molar-refractivity contribution in [1.82, 2.24) is 4.90 Å². The number of carboxylic acids is 2. The first kappa shape index (κ1) is 54.6. The van der Waals surface area contributed by atoms with Crippen LogP contribution in [0.3, 0.4) is 0 Å². The Morgan fingerprint density at radius 3 is 1.31 bits per heavy atom. The van der Waals surface area contributed by atoms with Crippen LogP contribution in [0.15, 0.2) is 29.7 Å². The van der Waals surface area contributed by atoms with Gasteiger partial charge in [0.2, 0.25) is 0 Å². The number of unbranched alkanes of at least 4 members (excludes halogenated alkanes) is 28. The van der Waals surface area contributed by atoms with E-state index < -0.39 is 47.9 Å². The van der Waals surface area contributed by atoms with Gasteiger partial charge in [-0.3, -0.25) is 19.2 Å². The predicted molar refractivity (Wildman–Crippen MR) is 242 cm³/mol. The average molecular weight is 880 g/mol. The molecule has 13 heteroatoms. The molecule has 356 valence electrons. The van der Waals surface area contributed by atoms with Crippen LogP contribution in [0.2, 0.25) is 0 Å². The lowest BCUT2D eigenvalue weighted by molar-refractivity contribution is -0.181. The van der Waals surface area contributed by atoms with Gasteiger partial charge in [-0.1, -0.05) is 174 Å². The molecule has 0 aromatic rings. The van der Waals surface area contributed by atoms with E-state index in [0.29, 0.717) is 12.8 Å². The lowest BCUT2D eigenvalue weighted by Gasteiger charge is -2.34. The Hall–Kier alpha value is -3.51. The van der Waals surface area contributed by atoms with E-state index >= 15 is 8.78 Å². The number of carbonyl (C=O) groups is 4. The van der Waals surface area contributed by atoms with E-state index in [0.717, 1.165) is 83.5 Å². The van der Waals surface area contributed by atoms with Gasteiger partial charge in [0.25, 0.3) is 0 Å². The van der Waals surface area contributed by atoms with Gasteiger partial charge in [0.05, 0.1) is 6.61 Å². The zero-order valence-electron chi connectivity index (χ0n) is 38.1. The number of hydrogen-bond donors (Lipinski definition) is 3. The minimum Gasteiger partial charge on any atom is -0.481 e. The van der Waals surface area contributed by atoms with Crippen LogP contribution in [0.4, 0.5) is 8.78 Å². The van der Waals surface area contributed by atoms with Gasteiger partial charge < -0.3 is 30.3 Å². The van der Waals surface area contributed by atoms with E-state index in [1.807, 2.05) is 0 Å². The Morgan fingerprint density at radius 1 is 0.613 bits per heavy atom. The van der Waals surface area contributed by atoms with Crippen molar-refractivity contribution in [2.75, 3.05) is 6.61 Å². The number of carbonyl (C=O) groups excluding carboxylic acids is 2. The number of carboxylic acid groups (broad SMARTS) is 2. The maximum Gasteiger partial charge on any atom is 0.306 e. The molecule has 62 heavy (non-hydrogen) atoms. The molecule has 1 saturated carbocycles. The lowest BCUT2D eigenvalue weighted by Crippen LogP contribution is -2.48. The normalized spacial score (nSPS) is 18.2. The van der Waals surface area contributed by atoms with Gasteiger partial charge in [0, 0.05) is 37.8 Å². The molecule has 0 amide bonds. The Labute approximate surface area is 372 Å². The highest BCUT2D eigenvalue weighted by Crippen LogP contribution is 2.46. The first-order valence-corrected chi connectivity index (χ1v) is 24.6. The molecule has 1 unspecified atom stereocenters. The summed E-state index contributed by atoms with van der Waals surface area (Å²) in [5.41, 5.74) is 5.76. The standard InChI is InChI=1S/C49H83F2N3O8/c1-40-53-43(52)36-37-54(40)42-38-41(39-61-46(59)34-30-26-22-18-14-10-6-2-4-8-12-16-20-24-28-32-44(55)56)48(49(42,50)51)62-47(60)35-31-27-23-19-15-11-7-3-5-9-13-17-21-25-29-33-45(57)58/h36-37,41-42,48H,1-35,38-39H2,(H2,52,53)(H,55,56)(H,57,58)/t41-,42-,48?/m1/s1. The highest BCUT2D eigenvalue weighted by molar-refractivity contribution is 5.92. The molecule has 1 aliphatic heterocycles. The summed E-state index contributed by atoms with van der Waals surface area (Å²) in [5, 5.41) is 17.4. The first-order valence-electron chi connectivity index (χ1n) is 24.6. The van der Waals surface area contributed by atoms with Gasteiger partial charge in [-0.2, -0.15) is 0 Å². The summed E-state index contributed by atoms with van der Waals surface area (Å²) in [6.45, 7) is 3.54. The van der Waals surface area contributed by atoms with Crippen LogP contribution in [0.5, 0.6) is 0 Å². The van der Waals surface area contributed by atoms with Crippen molar-refractivity contribution < 1.29 is 47.6 Å². The number of nitrogens with zero attached hydrogens (tertiary/aromatic N) is 2. The van der Waals surface area contributed by atoms with Crippen LogP contribution in [-0.2, 0) is 28.7 Å². The number of ether oxygens (including phenoxy) is 2. The van der Waals surface area contributed by atoms with Crippen molar-refractivity contribution in [3.63, 3.8) is 0 Å². The number of rotatable bonds is 40. The maximum absolute atomic E-state index is 16.1. The van der Waals surface area contributed by atoms with Crippen molar-refractivity contribution in [3.8, 4) is 0 Å². The minimum absolute atomic E-state index is 0.0559. The molecule has 0 spiro atoms. The van der Waals surface area contributed by atoms with Gasteiger partial charge in [-0.25, -0.2) is 13.8 Å². The highest BCUT2D eigenvalue weighted by atomic mass is 19.3. The fourth-order valence-electron chi connectivity index (χ4n) is 8.63. The molecular weight excluding hydrogens is 797 g/mol. The summed E-state index contributed by atoms with van der Waals surface area (Å²) in [6, 6.07) is -1.39. The fourth-order valence-corrected chi connectivity index (χ4v) is 8.63. The Kier molecular flexibility index (Phi) is 29.9. The summed E-state index contributed by atoms with van der Waals surface area (Å²) in [6.07, 6.45) is 34.2. The predicted octanol–water partition coefficient (Wildman–Crippen LogP) is 12.6. The van der Waals surface area contributed by atoms with Gasteiger partial charge in [0.1, 0.15) is 17.7 Å². The van der Waals surface area contributed by atoms with Crippen molar-refractivity contribution in [1.29, 1.82) is 0 Å². The van der Waals surface area contributed by atoms with E-state index in [2.05, 4.69) is 11.6 Å². The molecule has 1 fully saturated rings. The quantitative estimate of drug-likeness (QED) is 0.0398. The summed E-state index contributed by atoms with van der Waals surface area (Å²) >= 11 is 0. The number of halogens is 2. The molecule has 0 saturated heterocycles. The number of aliphatic imine (C=N–C) groups is 1. The van der Waals surface area contributed by atoms with Crippen molar-refractivity contribution >= 4 is 29.7 Å². The third kappa shape index (κ3) is 25.6. The Bertz CT molecular complexity index is 1340. The zero-order valence-corrected chi connectivity index (χ0v) is 38.1. The van der Waals surface area contributed by atoms with Crippen molar-refractivity contribution in [3.05, 3.63) is 24.7 Å². The Balaban J connectivity index is 1.61. The second-order valence-corrected chi connectivity index (χ2v) is 17.8. The van der Waals surface area contributed by atoms with Crippen LogP contribution >= 0.6 is 0 Å². The highest BCUT2D eigenvalue weighted by Gasteiger charge is 2.62. The number of amidine groups is 1. The molecule has 2 rings (SSSR count). The third-order valence-corrected chi connectivity index (χ3v) is 12.3. The van der Waals surface area contributed by atoms with Crippen LogP contribution in [-0.4, -0.2) is 69.5 Å². The second-order valence-electron chi connectivity index (χ2n) is 17.8. The smallest absolute Gasteiger partial charge is 0.306 e.